The van der Waals surface area contributed by atoms with Crippen LogP contribution in [0.2, 0.25) is 0 Å². The first-order chi connectivity index (χ1) is 8.97. The fourth-order valence-corrected chi connectivity index (χ4v) is 3.18. The van der Waals surface area contributed by atoms with Gasteiger partial charge in [-0.3, -0.25) is 0 Å². The summed E-state index contributed by atoms with van der Waals surface area (Å²) in [6.45, 7) is 2.02. The number of nitrogens with two attached hydrogens (primary N) is 1. The predicted octanol–water partition coefficient (Wildman–Crippen LogP) is 4.90. The maximum absolute atomic E-state index is 13.7. The third-order valence-electron chi connectivity index (χ3n) is 3.00. The molecule has 0 radical (unpaired) electrons. The molecule has 0 spiro atoms. The molecule has 0 aliphatic rings. The minimum atomic E-state index is -0.237. The van der Waals surface area contributed by atoms with Crippen LogP contribution in [0.3, 0.4) is 0 Å². The van der Waals surface area contributed by atoms with Crippen LogP contribution in [0.1, 0.15) is 22.7 Å². The van der Waals surface area contributed by atoms with Crippen LogP contribution in [0, 0.1) is 12.7 Å². The molecule has 4 heteroatoms. The maximum Gasteiger partial charge on any atom is 0.126 e. The SMILES string of the molecule is Cc1ccc(C(N)Cc2cc(Br)ccc2F)c(Br)c1. The van der Waals surface area contributed by atoms with Gasteiger partial charge in [-0.2, -0.15) is 0 Å². The van der Waals surface area contributed by atoms with Gasteiger partial charge in [-0.1, -0.05) is 44.0 Å². The average molecular weight is 387 g/mol. The Bertz CT molecular complexity index is 599. The molecular formula is C15H14Br2FN. The highest BCUT2D eigenvalue weighted by Gasteiger charge is 2.13. The van der Waals surface area contributed by atoms with E-state index in [0.717, 1.165) is 20.1 Å². The second kappa shape index (κ2) is 6.16. The van der Waals surface area contributed by atoms with E-state index < -0.39 is 0 Å². The number of benzene rings is 2. The van der Waals surface area contributed by atoms with Crippen molar-refractivity contribution in [3.8, 4) is 0 Å². The van der Waals surface area contributed by atoms with Gasteiger partial charge in [-0.25, -0.2) is 4.39 Å². The number of hydrogen-bond acceptors (Lipinski definition) is 1. The summed E-state index contributed by atoms with van der Waals surface area (Å²) in [7, 11) is 0. The quantitative estimate of drug-likeness (QED) is 0.797. The molecule has 1 unspecified atom stereocenters. The van der Waals surface area contributed by atoms with Crippen molar-refractivity contribution in [1.82, 2.24) is 0 Å². The van der Waals surface area contributed by atoms with E-state index in [2.05, 4.69) is 31.9 Å². The first kappa shape index (κ1) is 14.7. The van der Waals surface area contributed by atoms with Gasteiger partial charge in [-0.15, -0.1) is 0 Å². The van der Waals surface area contributed by atoms with Gasteiger partial charge in [-0.05, 0) is 54.3 Å². The Labute approximate surface area is 129 Å². The van der Waals surface area contributed by atoms with Gasteiger partial charge < -0.3 is 5.73 Å². The zero-order valence-electron chi connectivity index (χ0n) is 10.5. The molecule has 0 aliphatic carbocycles. The summed E-state index contributed by atoms with van der Waals surface area (Å²) in [6, 6.07) is 10.7. The van der Waals surface area contributed by atoms with E-state index in [4.69, 9.17) is 5.73 Å². The second-order valence-electron chi connectivity index (χ2n) is 4.57. The van der Waals surface area contributed by atoms with Crippen LogP contribution >= 0.6 is 31.9 Å². The summed E-state index contributed by atoms with van der Waals surface area (Å²) in [5.41, 5.74) is 8.96. The molecule has 100 valence electrons. The standard InChI is InChI=1S/C15H14Br2FN/c1-9-2-4-12(13(17)6-9)15(19)8-10-7-11(16)3-5-14(10)18/h2-7,15H,8,19H2,1H3. The predicted molar refractivity (Wildman–Crippen MR) is 83.6 cm³/mol. The molecule has 2 aromatic rings. The lowest BCUT2D eigenvalue weighted by atomic mass is 9.98. The Balaban J connectivity index is 2.25. The molecule has 2 rings (SSSR count). The molecule has 2 N–H and O–H groups in total. The van der Waals surface area contributed by atoms with E-state index in [1.165, 1.54) is 6.07 Å². The topological polar surface area (TPSA) is 26.0 Å². The Morgan fingerprint density at radius 2 is 1.89 bits per heavy atom. The van der Waals surface area contributed by atoms with Crippen LogP contribution in [0.4, 0.5) is 4.39 Å². The maximum atomic E-state index is 13.7. The highest BCUT2D eigenvalue weighted by molar-refractivity contribution is 9.10. The van der Waals surface area contributed by atoms with Crippen molar-refractivity contribution >= 4 is 31.9 Å². The Kier molecular flexibility index (Phi) is 4.76. The summed E-state index contributed by atoms with van der Waals surface area (Å²) >= 11 is 6.86. The summed E-state index contributed by atoms with van der Waals surface area (Å²) in [6.07, 6.45) is 0.465. The summed E-state index contributed by atoms with van der Waals surface area (Å²) in [5.74, 6) is -0.220. The van der Waals surface area contributed by atoms with Crippen molar-refractivity contribution in [3.05, 3.63) is 67.9 Å². The van der Waals surface area contributed by atoms with Crippen LogP contribution in [-0.2, 0) is 6.42 Å². The zero-order chi connectivity index (χ0) is 14.0. The van der Waals surface area contributed by atoms with Gasteiger partial charge >= 0.3 is 0 Å². The number of halogens is 3. The van der Waals surface area contributed by atoms with Crippen molar-refractivity contribution in [1.29, 1.82) is 0 Å². The van der Waals surface area contributed by atoms with Crippen molar-refractivity contribution in [2.45, 2.75) is 19.4 Å². The van der Waals surface area contributed by atoms with E-state index in [-0.39, 0.29) is 11.9 Å². The molecule has 0 heterocycles. The minimum Gasteiger partial charge on any atom is -0.324 e. The molecule has 2 aromatic carbocycles. The third-order valence-corrected chi connectivity index (χ3v) is 4.18. The van der Waals surface area contributed by atoms with E-state index >= 15 is 0 Å². The lowest BCUT2D eigenvalue weighted by Gasteiger charge is -2.15. The lowest BCUT2D eigenvalue weighted by molar-refractivity contribution is 0.592. The van der Waals surface area contributed by atoms with Crippen LogP contribution < -0.4 is 5.73 Å². The molecule has 0 bridgehead atoms. The van der Waals surface area contributed by atoms with Crippen molar-refractivity contribution in [3.63, 3.8) is 0 Å². The molecular weight excluding hydrogens is 373 g/mol. The average Bonchev–Trinajstić information content (AvgIpc) is 2.33. The van der Waals surface area contributed by atoms with Crippen LogP contribution in [0.15, 0.2) is 45.3 Å². The molecule has 0 aliphatic heterocycles. The monoisotopic (exact) mass is 385 g/mol. The van der Waals surface area contributed by atoms with Gasteiger partial charge in [0.25, 0.3) is 0 Å². The Morgan fingerprint density at radius 3 is 2.58 bits per heavy atom. The normalized spacial score (nSPS) is 12.5. The van der Waals surface area contributed by atoms with Gasteiger partial charge in [0.15, 0.2) is 0 Å². The van der Waals surface area contributed by atoms with E-state index in [1.807, 2.05) is 25.1 Å². The number of hydrogen-bond donors (Lipinski definition) is 1. The molecule has 0 saturated carbocycles. The molecule has 0 fully saturated rings. The number of aryl methyl sites for hydroxylation is 1. The molecule has 0 amide bonds. The van der Waals surface area contributed by atoms with Crippen LogP contribution in [0.25, 0.3) is 0 Å². The van der Waals surface area contributed by atoms with E-state index in [9.17, 15) is 4.39 Å². The van der Waals surface area contributed by atoms with Crippen LogP contribution in [-0.4, -0.2) is 0 Å². The van der Waals surface area contributed by atoms with Crippen LogP contribution in [0.5, 0.6) is 0 Å². The minimum absolute atomic E-state index is 0.220. The van der Waals surface area contributed by atoms with Gasteiger partial charge in [0.1, 0.15) is 5.82 Å². The first-order valence-electron chi connectivity index (χ1n) is 5.93. The largest absolute Gasteiger partial charge is 0.324 e. The summed E-state index contributed by atoms with van der Waals surface area (Å²) in [4.78, 5) is 0. The van der Waals surface area contributed by atoms with Gasteiger partial charge in [0.05, 0.1) is 0 Å². The first-order valence-corrected chi connectivity index (χ1v) is 7.51. The zero-order valence-corrected chi connectivity index (χ0v) is 13.6. The molecule has 0 saturated heterocycles. The smallest absolute Gasteiger partial charge is 0.126 e. The van der Waals surface area contributed by atoms with E-state index in [1.54, 1.807) is 12.1 Å². The highest BCUT2D eigenvalue weighted by Crippen LogP contribution is 2.27. The fourth-order valence-electron chi connectivity index (χ4n) is 1.98. The van der Waals surface area contributed by atoms with Gasteiger partial charge in [0.2, 0.25) is 0 Å². The van der Waals surface area contributed by atoms with Gasteiger partial charge in [0, 0.05) is 15.0 Å². The van der Waals surface area contributed by atoms with Crippen molar-refractivity contribution < 1.29 is 4.39 Å². The molecule has 19 heavy (non-hydrogen) atoms. The van der Waals surface area contributed by atoms with E-state index in [0.29, 0.717) is 12.0 Å². The highest BCUT2D eigenvalue weighted by atomic mass is 79.9. The number of rotatable bonds is 3. The summed E-state index contributed by atoms with van der Waals surface area (Å²) < 4.78 is 15.6. The lowest BCUT2D eigenvalue weighted by Crippen LogP contribution is -2.15. The Hall–Kier alpha value is -0.710. The molecule has 1 nitrogen and oxygen atoms in total. The summed E-state index contributed by atoms with van der Waals surface area (Å²) in [5, 5.41) is 0. The second-order valence-corrected chi connectivity index (χ2v) is 6.34. The Morgan fingerprint density at radius 1 is 1.16 bits per heavy atom. The molecule has 1 atom stereocenters. The fraction of sp³-hybridized carbons (Fsp3) is 0.200. The van der Waals surface area contributed by atoms with Crippen molar-refractivity contribution in [2.24, 2.45) is 5.73 Å². The molecule has 0 aromatic heterocycles. The van der Waals surface area contributed by atoms with Crippen molar-refractivity contribution in [2.75, 3.05) is 0 Å². The third kappa shape index (κ3) is 3.65.